The molecule has 126 valence electrons. The average molecular weight is 329 g/mol. The number of hydrogen-bond donors (Lipinski definition) is 3. The predicted octanol–water partition coefficient (Wildman–Crippen LogP) is 1.91. The Hall–Kier alpha value is -2.86. The Morgan fingerprint density at radius 3 is 2.25 bits per heavy atom. The summed E-state index contributed by atoms with van der Waals surface area (Å²) in [5.74, 6) is -2.04. The van der Waals surface area contributed by atoms with E-state index in [1.165, 1.54) is 0 Å². The van der Waals surface area contributed by atoms with Crippen molar-refractivity contribution in [3.8, 4) is 5.75 Å². The molecule has 2 rings (SSSR count). The number of ether oxygens (including phenoxy) is 1. The van der Waals surface area contributed by atoms with Crippen molar-refractivity contribution >= 4 is 11.9 Å². The Morgan fingerprint density at radius 2 is 1.62 bits per heavy atom. The first-order chi connectivity index (χ1) is 11.5. The predicted molar refractivity (Wildman–Crippen MR) is 88.0 cm³/mol. The van der Waals surface area contributed by atoms with Gasteiger partial charge in [0.15, 0.2) is 0 Å². The monoisotopic (exact) mass is 329 g/mol. The summed E-state index contributed by atoms with van der Waals surface area (Å²) in [5, 5.41) is 18.0. The van der Waals surface area contributed by atoms with Crippen molar-refractivity contribution in [3.05, 3.63) is 65.7 Å². The number of benzene rings is 2. The number of para-hydroxylation sites is 1. The van der Waals surface area contributed by atoms with Gasteiger partial charge in [0, 0.05) is 6.42 Å². The molecule has 0 heterocycles. The number of carboxylic acid groups (broad SMARTS) is 2. The van der Waals surface area contributed by atoms with E-state index in [2.05, 4.69) is 0 Å². The molecule has 24 heavy (non-hydrogen) atoms. The lowest BCUT2D eigenvalue weighted by molar-refractivity contribution is -0.143. The first-order valence-electron chi connectivity index (χ1n) is 7.46. The molecule has 0 radical (unpaired) electrons. The molecular weight excluding hydrogens is 310 g/mol. The van der Waals surface area contributed by atoms with Crippen molar-refractivity contribution in [2.45, 2.75) is 25.0 Å². The van der Waals surface area contributed by atoms with Crippen LogP contribution in [0.5, 0.6) is 5.75 Å². The fraction of sp³-hybridized carbons (Fsp3) is 0.222. The molecule has 0 aliphatic rings. The molecule has 0 aliphatic heterocycles. The summed E-state index contributed by atoms with van der Waals surface area (Å²) in [6, 6.07) is 15.4. The zero-order valence-corrected chi connectivity index (χ0v) is 13.0. The maximum absolute atomic E-state index is 11.1. The number of carboxylic acids is 2. The van der Waals surface area contributed by atoms with Gasteiger partial charge in [-0.2, -0.15) is 0 Å². The average Bonchev–Trinajstić information content (AvgIpc) is 2.55. The van der Waals surface area contributed by atoms with Gasteiger partial charge in [-0.1, -0.05) is 48.5 Å². The van der Waals surface area contributed by atoms with E-state index in [-0.39, 0.29) is 0 Å². The third kappa shape index (κ3) is 4.82. The van der Waals surface area contributed by atoms with Crippen LogP contribution < -0.4 is 10.5 Å². The molecule has 2 atom stereocenters. The Kier molecular flexibility index (Phi) is 5.92. The van der Waals surface area contributed by atoms with Crippen LogP contribution in [-0.2, 0) is 16.0 Å². The van der Waals surface area contributed by atoms with Crippen LogP contribution in [0.3, 0.4) is 0 Å². The van der Waals surface area contributed by atoms with Crippen LogP contribution in [0.25, 0.3) is 0 Å². The van der Waals surface area contributed by atoms with Gasteiger partial charge < -0.3 is 20.7 Å². The van der Waals surface area contributed by atoms with E-state index in [0.29, 0.717) is 12.2 Å². The van der Waals surface area contributed by atoms with Gasteiger partial charge in [-0.3, -0.25) is 9.59 Å². The third-order valence-electron chi connectivity index (χ3n) is 3.55. The summed E-state index contributed by atoms with van der Waals surface area (Å²) in [5.41, 5.74) is 7.46. The second kappa shape index (κ2) is 8.12. The Balaban J connectivity index is 2.23. The number of nitrogens with two attached hydrogens (primary N) is 1. The lowest BCUT2D eigenvalue weighted by Crippen LogP contribution is -2.46. The molecule has 2 unspecified atom stereocenters. The van der Waals surface area contributed by atoms with Crippen molar-refractivity contribution in [2.24, 2.45) is 5.73 Å². The Labute approximate surface area is 139 Å². The maximum Gasteiger partial charge on any atom is 0.324 e. The summed E-state index contributed by atoms with van der Waals surface area (Å²) in [7, 11) is 0. The molecule has 0 fully saturated rings. The highest BCUT2D eigenvalue weighted by atomic mass is 16.5. The third-order valence-corrected chi connectivity index (χ3v) is 3.55. The van der Waals surface area contributed by atoms with E-state index in [1.807, 2.05) is 42.5 Å². The highest BCUT2D eigenvalue weighted by Gasteiger charge is 2.29. The highest BCUT2D eigenvalue weighted by molar-refractivity contribution is 5.76. The number of carbonyl (C=O) groups is 2. The zero-order valence-electron chi connectivity index (χ0n) is 13.0. The molecule has 6 heteroatoms. The molecule has 0 aromatic heterocycles. The van der Waals surface area contributed by atoms with E-state index in [9.17, 15) is 9.59 Å². The van der Waals surface area contributed by atoms with Crippen LogP contribution in [0.2, 0.25) is 0 Å². The molecule has 0 spiro atoms. The molecule has 0 saturated heterocycles. The molecule has 4 N–H and O–H groups in total. The van der Waals surface area contributed by atoms with Gasteiger partial charge in [0.05, 0.1) is 6.42 Å². The van der Waals surface area contributed by atoms with E-state index in [1.54, 1.807) is 12.1 Å². The van der Waals surface area contributed by atoms with Gasteiger partial charge >= 0.3 is 11.9 Å². The van der Waals surface area contributed by atoms with Crippen LogP contribution >= 0.6 is 0 Å². The van der Waals surface area contributed by atoms with Gasteiger partial charge in [-0.25, -0.2) is 0 Å². The molecular formula is C18H19NO5. The lowest BCUT2D eigenvalue weighted by atomic mass is 10.0. The maximum atomic E-state index is 11.1. The number of aliphatic carboxylic acids is 2. The SMILES string of the molecule is NC(C(=O)O)C(CC(=O)O)Oc1ccccc1Cc1ccccc1. The van der Waals surface area contributed by atoms with Gasteiger partial charge in [0.25, 0.3) is 0 Å². The molecule has 0 amide bonds. The van der Waals surface area contributed by atoms with Crippen molar-refractivity contribution in [3.63, 3.8) is 0 Å². The normalized spacial score (nSPS) is 13.0. The van der Waals surface area contributed by atoms with Gasteiger partial charge in [0.1, 0.15) is 17.9 Å². The second-order valence-electron chi connectivity index (χ2n) is 5.39. The topological polar surface area (TPSA) is 110 Å². The fourth-order valence-corrected chi connectivity index (χ4v) is 2.32. The van der Waals surface area contributed by atoms with E-state index in [4.69, 9.17) is 20.7 Å². The summed E-state index contributed by atoms with van der Waals surface area (Å²) in [6.07, 6.45) is -1.07. The molecule has 0 saturated carbocycles. The summed E-state index contributed by atoms with van der Waals surface area (Å²) in [4.78, 5) is 22.1. The van der Waals surface area contributed by atoms with Gasteiger partial charge in [0.2, 0.25) is 0 Å². The first kappa shape index (κ1) is 17.5. The standard InChI is InChI=1S/C18H19NO5/c19-17(18(22)23)15(11-16(20)21)24-14-9-5-4-8-13(14)10-12-6-2-1-3-7-12/h1-9,15,17H,10-11,19H2,(H,20,21)(H,22,23). The van der Waals surface area contributed by atoms with Crippen molar-refractivity contribution in [1.82, 2.24) is 0 Å². The summed E-state index contributed by atoms with van der Waals surface area (Å²) >= 11 is 0. The van der Waals surface area contributed by atoms with Gasteiger partial charge in [-0.05, 0) is 17.2 Å². The van der Waals surface area contributed by atoms with Gasteiger partial charge in [-0.15, -0.1) is 0 Å². The van der Waals surface area contributed by atoms with Crippen molar-refractivity contribution in [2.75, 3.05) is 0 Å². The highest BCUT2D eigenvalue weighted by Crippen LogP contribution is 2.24. The number of hydrogen-bond acceptors (Lipinski definition) is 4. The lowest BCUT2D eigenvalue weighted by Gasteiger charge is -2.22. The van der Waals surface area contributed by atoms with Crippen LogP contribution in [0, 0.1) is 0 Å². The quantitative estimate of drug-likeness (QED) is 0.682. The summed E-state index contributed by atoms with van der Waals surface area (Å²) in [6.45, 7) is 0. The first-order valence-corrected chi connectivity index (χ1v) is 7.46. The zero-order chi connectivity index (χ0) is 17.5. The number of rotatable bonds is 8. The van der Waals surface area contributed by atoms with Crippen molar-refractivity contribution in [1.29, 1.82) is 0 Å². The van der Waals surface area contributed by atoms with Crippen LogP contribution in [0.4, 0.5) is 0 Å². The van der Waals surface area contributed by atoms with Crippen molar-refractivity contribution < 1.29 is 24.5 Å². The molecule has 0 aliphatic carbocycles. The molecule has 6 nitrogen and oxygen atoms in total. The molecule has 2 aromatic carbocycles. The van der Waals surface area contributed by atoms with E-state index in [0.717, 1.165) is 11.1 Å². The molecule has 0 bridgehead atoms. The van der Waals surface area contributed by atoms with Crippen LogP contribution in [-0.4, -0.2) is 34.3 Å². The minimum Gasteiger partial charge on any atom is -0.487 e. The van der Waals surface area contributed by atoms with Crippen LogP contribution in [0.1, 0.15) is 17.5 Å². The minimum absolute atomic E-state index is 0.435. The molecule has 2 aromatic rings. The second-order valence-corrected chi connectivity index (χ2v) is 5.39. The Bertz CT molecular complexity index is 702. The summed E-state index contributed by atoms with van der Waals surface area (Å²) < 4.78 is 5.67. The van der Waals surface area contributed by atoms with E-state index >= 15 is 0 Å². The van der Waals surface area contributed by atoms with Crippen LogP contribution in [0.15, 0.2) is 54.6 Å². The van der Waals surface area contributed by atoms with E-state index < -0.39 is 30.5 Å². The smallest absolute Gasteiger partial charge is 0.324 e. The Morgan fingerprint density at radius 1 is 1.00 bits per heavy atom. The minimum atomic E-state index is -1.43. The largest absolute Gasteiger partial charge is 0.487 e. The fourth-order valence-electron chi connectivity index (χ4n) is 2.32.